The normalized spacial score (nSPS) is 31.5. The Labute approximate surface area is 262 Å². The zero-order valence-electron chi connectivity index (χ0n) is 26.7. The molecular formula is C36H41NO8. The lowest BCUT2D eigenvalue weighted by molar-refractivity contribution is -0.171. The van der Waals surface area contributed by atoms with Crippen LogP contribution in [0.2, 0.25) is 0 Å². The summed E-state index contributed by atoms with van der Waals surface area (Å²) in [5, 5.41) is 46.0. The lowest BCUT2D eigenvalue weighted by Gasteiger charge is -2.61. The number of phenolic OH excluding ortho intramolecular Hbond substituents is 1. The zero-order valence-corrected chi connectivity index (χ0v) is 26.7. The number of aliphatic hydroxyl groups is 3. The molecule has 2 aromatic rings. The molecule has 5 atom stereocenters. The number of aliphatic hydroxyl groups excluding tert-OH is 2. The van der Waals surface area contributed by atoms with E-state index in [0.29, 0.717) is 12.1 Å². The van der Waals surface area contributed by atoms with Crippen LogP contribution in [0.4, 0.5) is 0 Å². The van der Waals surface area contributed by atoms with Gasteiger partial charge in [0.05, 0.1) is 12.7 Å². The first-order valence-corrected chi connectivity index (χ1v) is 15.6. The van der Waals surface area contributed by atoms with E-state index in [1.165, 1.54) is 6.07 Å². The number of fused-ring (bicyclic) bond motifs is 3. The van der Waals surface area contributed by atoms with Crippen LogP contribution in [0.15, 0.2) is 53.0 Å². The van der Waals surface area contributed by atoms with E-state index < -0.39 is 62.7 Å². The predicted octanol–water partition coefficient (Wildman–Crippen LogP) is 5.54. The van der Waals surface area contributed by atoms with Crippen LogP contribution in [0.5, 0.6) is 11.5 Å². The number of Topliss-reactive ketones (excluding diaryl/α,β-unsaturated/α-hetero) is 3. The molecule has 0 unspecified atom stereocenters. The predicted molar refractivity (Wildman–Crippen MR) is 167 cm³/mol. The first-order chi connectivity index (χ1) is 21.1. The Morgan fingerprint density at radius 3 is 2.33 bits per heavy atom. The molecule has 45 heavy (non-hydrogen) atoms. The average Bonchev–Trinajstić information content (AvgIpc) is 3.50. The second-order valence-corrected chi connectivity index (χ2v) is 13.7. The number of aromatic hydroxyl groups is 1. The number of methoxy groups -OCH3 is 1. The SMILES string of the molecule is COc1ccc(-c2ccc(O)c3c2[C@H](C)[C@]2(C)C(=C(O)[C@]4(O)C(=O)C(C(C)=O)=C(O)C[C@]4(C)[C@H]2C)C3=O)cc1CN1CCCC1. The van der Waals surface area contributed by atoms with E-state index >= 15 is 0 Å². The molecule has 9 nitrogen and oxygen atoms in total. The highest BCUT2D eigenvalue weighted by molar-refractivity contribution is 6.25. The number of carbonyl (C=O) groups is 3. The number of rotatable bonds is 5. The Bertz CT molecular complexity index is 1730. The molecule has 238 valence electrons. The van der Waals surface area contributed by atoms with E-state index in [2.05, 4.69) is 11.0 Å². The van der Waals surface area contributed by atoms with Crippen LogP contribution < -0.4 is 4.74 Å². The van der Waals surface area contributed by atoms with Crippen LogP contribution in [-0.4, -0.2) is 68.5 Å². The number of nitrogens with zero attached hydrogens (tertiary/aromatic N) is 1. The smallest absolute Gasteiger partial charge is 0.209 e. The van der Waals surface area contributed by atoms with Crippen molar-refractivity contribution >= 4 is 17.3 Å². The van der Waals surface area contributed by atoms with Crippen molar-refractivity contribution in [1.82, 2.24) is 4.90 Å². The molecule has 6 rings (SSSR count). The minimum absolute atomic E-state index is 0.00350. The molecule has 0 radical (unpaired) electrons. The summed E-state index contributed by atoms with van der Waals surface area (Å²) in [7, 11) is 1.64. The van der Waals surface area contributed by atoms with E-state index in [1.807, 2.05) is 26.0 Å². The van der Waals surface area contributed by atoms with Crippen LogP contribution in [0.3, 0.4) is 0 Å². The molecule has 1 aliphatic heterocycles. The van der Waals surface area contributed by atoms with Gasteiger partial charge in [0, 0.05) is 34.9 Å². The average molecular weight is 616 g/mol. The molecule has 1 heterocycles. The largest absolute Gasteiger partial charge is 0.511 e. The number of allylic oxidation sites excluding steroid dienone is 2. The van der Waals surface area contributed by atoms with Gasteiger partial charge in [0.25, 0.3) is 0 Å². The topological polar surface area (TPSA) is 145 Å². The Balaban J connectivity index is 1.57. The van der Waals surface area contributed by atoms with Crippen molar-refractivity contribution < 1.29 is 39.5 Å². The van der Waals surface area contributed by atoms with Gasteiger partial charge in [-0.3, -0.25) is 19.3 Å². The molecule has 0 amide bonds. The third kappa shape index (κ3) is 3.96. The monoisotopic (exact) mass is 615 g/mol. The summed E-state index contributed by atoms with van der Waals surface area (Å²) < 4.78 is 5.69. The number of hydrogen-bond acceptors (Lipinski definition) is 9. The molecule has 9 heteroatoms. The number of ketones is 3. The fourth-order valence-electron chi connectivity index (χ4n) is 8.83. The van der Waals surface area contributed by atoms with Gasteiger partial charge in [0.2, 0.25) is 5.78 Å². The minimum Gasteiger partial charge on any atom is -0.511 e. The summed E-state index contributed by atoms with van der Waals surface area (Å²) in [4.78, 5) is 43.0. The third-order valence-corrected chi connectivity index (χ3v) is 11.7. The third-order valence-electron chi connectivity index (χ3n) is 11.7. The van der Waals surface area contributed by atoms with Gasteiger partial charge in [-0.2, -0.15) is 0 Å². The van der Waals surface area contributed by atoms with Gasteiger partial charge >= 0.3 is 0 Å². The summed E-state index contributed by atoms with van der Waals surface area (Å²) in [5.74, 6) is -4.51. The van der Waals surface area contributed by atoms with Crippen LogP contribution in [0, 0.1) is 16.7 Å². The van der Waals surface area contributed by atoms with E-state index in [0.717, 1.165) is 55.3 Å². The second-order valence-electron chi connectivity index (χ2n) is 13.7. The van der Waals surface area contributed by atoms with Crippen molar-refractivity contribution in [3.05, 3.63) is 69.7 Å². The standard InChI is InChI=1S/C36H41NO8/c1-18-27-23(21-9-12-26(45-6)22(15-21)17-37-13-7-8-14-37)10-11-24(39)29(27)31(41)30-33(43)36(44)32(42)28(19(2)38)25(40)16-34(36,4)20(3)35(18,30)5/h9-12,15,18,20,39-40,43-44H,7-8,13-14,16-17H2,1-6H3/t18-,20+,34+,35-,36+/m0/s1. The van der Waals surface area contributed by atoms with Gasteiger partial charge in [-0.1, -0.05) is 39.8 Å². The van der Waals surface area contributed by atoms with Gasteiger partial charge in [-0.15, -0.1) is 0 Å². The Hall–Kier alpha value is -3.95. The van der Waals surface area contributed by atoms with Crippen molar-refractivity contribution in [3.63, 3.8) is 0 Å². The van der Waals surface area contributed by atoms with Crippen molar-refractivity contribution in [3.8, 4) is 22.6 Å². The minimum atomic E-state index is -2.63. The second kappa shape index (κ2) is 10.3. The number of likely N-dealkylation sites (tertiary alicyclic amines) is 1. The molecule has 4 N–H and O–H groups in total. The van der Waals surface area contributed by atoms with E-state index in [4.69, 9.17) is 4.74 Å². The van der Waals surface area contributed by atoms with Crippen molar-refractivity contribution in [2.24, 2.45) is 16.7 Å². The number of hydrogen-bond donors (Lipinski definition) is 4. The highest BCUT2D eigenvalue weighted by Crippen LogP contribution is 2.68. The fraction of sp³-hybridized carbons (Fsp3) is 0.472. The molecule has 1 fully saturated rings. The maximum absolute atomic E-state index is 14.5. The molecule has 1 saturated heterocycles. The van der Waals surface area contributed by atoms with Crippen LogP contribution in [0.25, 0.3) is 11.1 Å². The molecule has 0 aromatic heterocycles. The number of benzene rings is 2. The zero-order chi connectivity index (χ0) is 32.8. The van der Waals surface area contributed by atoms with Crippen molar-refractivity contribution in [2.75, 3.05) is 20.2 Å². The number of phenols is 1. The highest BCUT2D eigenvalue weighted by atomic mass is 16.5. The molecule has 2 aromatic carbocycles. The van der Waals surface area contributed by atoms with E-state index in [1.54, 1.807) is 27.0 Å². The number of carbonyl (C=O) groups excluding carboxylic acids is 3. The van der Waals surface area contributed by atoms with Gasteiger partial charge < -0.3 is 25.2 Å². The van der Waals surface area contributed by atoms with E-state index in [-0.39, 0.29) is 23.3 Å². The molecule has 3 aliphatic carbocycles. The summed E-state index contributed by atoms with van der Waals surface area (Å²) in [5.41, 5.74) is -2.79. The Morgan fingerprint density at radius 2 is 1.71 bits per heavy atom. The Kier molecular flexibility index (Phi) is 7.10. The maximum Gasteiger partial charge on any atom is 0.209 e. The summed E-state index contributed by atoms with van der Waals surface area (Å²) in [6.45, 7) is 11.0. The highest BCUT2D eigenvalue weighted by Gasteiger charge is 2.72. The van der Waals surface area contributed by atoms with Gasteiger partial charge in [-0.25, -0.2) is 0 Å². The van der Waals surface area contributed by atoms with Crippen LogP contribution in [0.1, 0.15) is 81.3 Å². The first-order valence-electron chi connectivity index (χ1n) is 15.6. The summed E-state index contributed by atoms with van der Waals surface area (Å²) in [6.07, 6.45) is 2.04. The number of ether oxygens (including phenoxy) is 1. The lowest BCUT2D eigenvalue weighted by atomic mass is 9.42. The van der Waals surface area contributed by atoms with Gasteiger partial charge in [-0.05, 0) is 79.6 Å². The van der Waals surface area contributed by atoms with Gasteiger partial charge in [0.1, 0.15) is 28.6 Å². The van der Waals surface area contributed by atoms with Crippen LogP contribution in [-0.2, 0) is 16.1 Å². The van der Waals surface area contributed by atoms with Crippen LogP contribution >= 0.6 is 0 Å². The van der Waals surface area contributed by atoms with Crippen molar-refractivity contribution in [1.29, 1.82) is 0 Å². The molecule has 0 bridgehead atoms. The molecular weight excluding hydrogens is 574 g/mol. The Morgan fingerprint density at radius 1 is 1.04 bits per heavy atom. The maximum atomic E-state index is 14.5. The first kappa shape index (κ1) is 31.0. The lowest BCUT2D eigenvalue weighted by Crippen LogP contribution is -2.67. The fourth-order valence-corrected chi connectivity index (χ4v) is 8.83. The van der Waals surface area contributed by atoms with Gasteiger partial charge in [0.15, 0.2) is 17.2 Å². The summed E-state index contributed by atoms with van der Waals surface area (Å²) >= 11 is 0. The van der Waals surface area contributed by atoms with Crippen molar-refractivity contribution in [2.45, 2.75) is 71.9 Å². The van der Waals surface area contributed by atoms with E-state index in [9.17, 15) is 34.8 Å². The molecule has 0 spiro atoms. The molecule has 4 aliphatic rings. The molecule has 0 saturated carbocycles. The quantitative estimate of drug-likeness (QED) is 0.319. The summed E-state index contributed by atoms with van der Waals surface area (Å²) in [6, 6.07) is 9.14.